The van der Waals surface area contributed by atoms with E-state index in [1.807, 2.05) is 0 Å². The number of nitrogens with one attached hydrogen (secondary N) is 1. The summed E-state index contributed by atoms with van der Waals surface area (Å²) in [5.41, 5.74) is 0. The lowest BCUT2D eigenvalue weighted by molar-refractivity contribution is -0.266. The summed E-state index contributed by atoms with van der Waals surface area (Å²) in [7, 11) is 1.58. The van der Waals surface area contributed by atoms with Gasteiger partial charge in [-0.3, -0.25) is 19.2 Å². The first-order valence-electron chi connectivity index (χ1n) is 9.18. The molecule has 10 heteroatoms. The molecular formula is C18H29NO9. The van der Waals surface area contributed by atoms with Crippen LogP contribution in [0.5, 0.6) is 0 Å². The first kappa shape index (κ1) is 23.8. The highest BCUT2D eigenvalue weighted by molar-refractivity contribution is 5.75. The molecule has 1 aliphatic heterocycles. The lowest BCUT2D eigenvalue weighted by atomic mass is 10.0. The zero-order valence-electron chi connectivity index (χ0n) is 16.7. The monoisotopic (exact) mass is 403 g/mol. The second-order valence-corrected chi connectivity index (χ2v) is 6.37. The van der Waals surface area contributed by atoms with Crippen LogP contribution in [0.15, 0.2) is 0 Å². The Morgan fingerprint density at radius 1 is 1.00 bits per heavy atom. The van der Waals surface area contributed by atoms with E-state index >= 15 is 0 Å². The summed E-state index contributed by atoms with van der Waals surface area (Å²) >= 11 is 0. The summed E-state index contributed by atoms with van der Waals surface area (Å²) in [4.78, 5) is 45.2. The number of unbranched alkanes of at least 4 members (excludes halogenated alkanes) is 1. The van der Waals surface area contributed by atoms with E-state index in [1.165, 1.54) is 20.8 Å². The second-order valence-electron chi connectivity index (χ2n) is 6.37. The van der Waals surface area contributed by atoms with E-state index < -0.39 is 42.5 Å². The van der Waals surface area contributed by atoms with Crippen molar-refractivity contribution in [2.45, 2.75) is 71.1 Å². The van der Waals surface area contributed by atoms with Gasteiger partial charge in [-0.25, -0.2) is 0 Å². The number of amides is 1. The van der Waals surface area contributed by atoms with Gasteiger partial charge in [0.2, 0.25) is 5.91 Å². The van der Waals surface area contributed by atoms with Crippen molar-refractivity contribution in [3.05, 3.63) is 0 Å². The molecule has 1 saturated heterocycles. The van der Waals surface area contributed by atoms with Crippen molar-refractivity contribution in [3.63, 3.8) is 0 Å². The lowest BCUT2D eigenvalue weighted by Crippen LogP contribution is -2.54. The molecule has 160 valence electrons. The van der Waals surface area contributed by atoms with Crippen LogP contribution in [0.4, 0.5) is 0 Å². The van der Waals surface area contributed by atoms with Gasteiger partial charge < -0.3 is 29.0 Å². The number of hydrogen-bond acceptors (Lipinski definition) is 9. The van der Waals surface area contributed by atoms with Crippen molar-refractivity contribution in [1.29, 1.82) is 0 Å². The predicted molar refractivity (Wildman–Crippen MR) is 94.9 cm³/mol. The molecule has 0 radical (unpaired) electrons. The standard InChI is InChI=1S/C18H29NO9/c1-11(20)25-10-15-18(27-13(3)22)14(26-12(2)21)9-17(28-15)24-8-6-5-7-16(23)19-4/h14-15,17-18H,5-10H2,1-4H3,(H,19,23). The highest BCUT2D eigenvalue weighted by atomic mass is 16.7. The van der Waals surface area contributed by atoms with Gasteiger partial charge in [0.05, 0.1) is 0 Å². The molecule has 4 atom stereocenters. The van der Waals surface area contributed by atoms with Crippen LogP contribution in [0.3, 0.4) is 0 Å². The molecule has 0 spiro atoms. The molecule has 1 rings (SSSR count). The Bertz CT molecular complexity index is 551. The minimum atomic E-state index is -0.922. The molecule has 1 aliphatic rings. The van der Waals surface area contributed by atoms with E-state index in [0.717, 1.165) is 0 Å². The zero-order valence-corrected chi connectivity index (χ0v) is 16.7. The van der Waals surface area contributed by atoms with Gasteiger partial charge in [-0.1, -0.05) is 0 Å². The smallest absolute Gasteiger partial charge is 0.303 e. The average Bonchev–Trinajstić information content (AvgIpc) is 2.60. The summed E-state index contributed by atoms with van der Waals surface area (Å²) in [6.07, 6.45) is -1.48. The molecule has 0 aliphatic carbocycles. The Labute approximate surface area is 164 Å². The van der Waals surface area contributed by atoms with Gasteiger partial charge in [-0.05, 0) is 12.8 Å². The van der Waals surface area contributed by atoms with Gasteiger partial charge in [-0.2, -0.15) is 0 Å². The highest BCUT2D eigenvalue weighted by Gasteiger charge is 2.44. The molecule has 0 aromatic rings. The number of hydrogen-bond donors (Lipinski definition) is 1. The van der Waals surface area contributed by atoms with Crippen molar-refractivity contribution in [3.8, 4) is 0 Å². The molecule has 0 bridgehead atoms. The first-order chi connectivity index (χ1) is 13.2. The van der Waals surface area contributed by atoms with Crippen LogP contribution >= 0.6 is 0 Å². The Balaban J connectivity index is 2.70. The third-order valence-corrected chi connectivity index (χ3v) is 3.94. The van der Waals surface area contributed by atoms with Crippen LogP contribution in [0.2, 0.25) is 0 Å². The quantitative estimate of drug-likeness (QED) is 0.314. The van der Waals surface area contributed by atoms with Crippen LogP contribution in [-0.4, -0.2) is 68.7 Å². The molecule has 1 fully saturated rings. The summed E-state index contributed by atoms with van der Waals surface area (Å²) < 4.78 is 26.9. The van der Waals surface area contributed by atoms with E-state index in [9.17, 15) is 19.2 Å². The van der Waals surface area contributed by atoms with Crippen molar-refractivity contribution >= 4 is 23.8 Å². The molecule has 4 unspecified atom stereocenters. The topological polar surface area (TPSA) is 126 Å². The number of rotatable bonds is 10. The SMILES string of the molecule is CNC(=O)CCCCOC1CC(OC(C)=O)C(OC(C)=O)C(COC(C)=O)O1. The molecule has 0 aromatic carbocycles. The van der Waals surface area contributed by atoms with Crippen molar-refractivity contribution < 1.29 is 42.9 Å². The number of carbonyl (C=O) groups is 4. The minimum absolute atomic E-state index is 0.0468. The Morgan fingerprint density at radius 2 is 1.68 bits per heavy atom. The van der Waals surface area contributed by atoms with Crippen LogP contribution in [-0.2, 0) is 42.9 Å². The first-order valence-corrected chi connectivity index (χ1v) is 9.18. The van der Waals surface area contributed by atoms with Gasteiger partial charge >= 0.3 is 17.9 Å². The van der Waals surface area contributed by atoms with E-state index in [1.54, 1.807) is 7.05 Å². The minimum Gasteiger partial charge on any atom is -0.463 e. The van der Waals surface area contributed by atoms with Crippen molar-refractivity contribution in [2.75, 3.05) is 20.3 Å². The highest BCUT2D eigenvalue weighted by Crippen LogP contribution is 2.27. The van der Waals surface area contributed by atoms with E-state index in [2.05, 4.69) is 5.32 Å². The Hall–Kier alpha value is -2.20. The third-order valence-electron chi connectivity index (χ3n) is 3.94. The molecule has 0 aromatic heterocycles. The normalized spacial score (nSPS) is 24.1. The maximum atomic E-state index is 11.4. The third kappa shape index (κ3) is 9.14. The Kier molecular flexibility index (Phi) is 10.5. The van der Waals surface area contributed by atoms with E-state index in [0.29, 0.717) is 25.9 Å². The van der Waals surface area contributed by atoms with Gasteiger partial charge in [0.15, 0.2) is 12.4 Å². The van der Waals surface area contributed by atoms with Gasteiger partial charge in [-0.15, -0.1) is 0 Å². The molecule has 1 heterocycles. The van der Waals surface area contributed by atoms with Crippen LogP contribution < -0.4 is 5.32 Å². The summed E-state index contributed by atoms with van der Waals surface area (Å²) in [6.45, 7) is 3.86. The lowest BCUT2D eigenvalue weighted by Gasteiger charge is -2.39. The fourth-order valence-electron chi connectivity index (χ4n) is 2.73. The van der Waals surface area contributed by atoms with E-state index in [-0.39, 0.29) is 18.9 Å². The molecule has 28 heavy (non-hydrogen) atoms. The van der Waals surface area contributed by atoms with Crippen molar-refractivity contribution in [2.24, 2.45) is 0 Å². The molecular weight excluding hydrogens is 374 g/mol. The largest absolute Gasteiger partial charge is 0.463 e. The average molecular weight is 403 g/mol. The van der Waals surface area contributed by atoms with Crippen LogP contribution in [0.1, 0.15) is 46.5 Å². The fraction of sp³-hybridized carbons (Fsp3) is 0.778. The maximum Gasteiger partial charge on any atom is 0.303 e. The molecule has 1 amide bonds. The van der Waals surface area contributed by atoms with Crippen LogP contribution in [0.25, 0.3) is 0 Å². The number of carbonyl (C=O) groups excluding carboxylic acids is 4. The maximum absolute atomic E-state index is 11.4. The Morgan fingerprint density at radius 3 is 2.25 bits per heavy atom. The van der Waals surface area contributed by atoms with E-state index in [4.69, 9.17) is 23.7 Å². The molecule has 10 nitrogen and oxygen atoms in total. The van der Waals surface area contributed by atoms with Crippen LogP contribution in [0, 0.1) is 0 Å². The predicted octanol–water partition coefficient (Wildman–Crippen LogP) is 0.461. The summed E-state index contributed by atoms with van der Waals surface area (Å²) in [6, 6.07) is 0. The fourth-order valence-corrected chi connectivity index (χ4v) is 2.73. The number of esters is 3. The van der Waals surface area contributed by atoms with Gasteiger partial charge in [0.25, 0.3) is 0 Å². The van der Waals surface area contributed by atoms with Gasteiger partial charge in [0.1, 0.15) is 18.8 Å². The number of ether oxygens (including phenoxy) is 5. The zero-order chi connectivity index (χ0) is 21.1. The second kappa shape index (κ2) is 12.3. The summed E-state index contributed by atoms with van der Waals surface area (Å²) in [5, 5.41) is 2.54. The summed E-state index contributed by atoms with van der Waals surface area (Å²) in [5.74, 6) is -1.69. The molecule has 0 saturated carbocycles. The van der Waals surface area contributed by atoms with Gasteiger partial charge in [0, 0.05) is 47.3 Å². The molecule has 1 N–H and O–H groups in total. The van der Waals surface area contributed by atoms with Crippen molar-refractivity contribution in [1.82, 2.24) is 5.32 Å².